The predicted molar refractivity (Wildman–Crippen MR) is 98.0 cm³/mol. The standard InChI is InChI=1S/C20H19N3O3/c1-23-11-14(10-21-23)15-9-16(15)19(24)22-18-8-13-6-4-3-5-12(13)7-17(18)20(25)26-2/h3-8,10-11,15-16H,9H2,1-2H3,(H,22,24). The zero-order valence-electron chi connectivity index (χ0n) is 14.6. The fourth-order valence-corrected chi connectivity index (χ4v) is 3.33. The summed E-state index contributed by atoms with van der Waals surface area (Å²) < 4.78 is 6.61. The number of hydrogen-bond acceptors (Lipinski definition) is 4. The number of methoxy groups -OCH3 is 1. The molecular weight excluding hydrogens is 330 g/mol. The van der Waals surface area contributed by atoms with Crippen LogP contribution >= 0.6 is 0 Å². The first-order valence-electron chi connectivity index (χ1n) is 8.47. The Morgan fingerprint density at radius 1 is 1.23 bits per heavy atom. The minimum Gasteiger partial charge on any atom is -0.465 e. The number of nitrogens with zero attached hydrogens (tertiary/aromatic N) is 2. The van der Waals surface area contributed by atoms with E-state index in [1.807, 2.05) is 43.6 Å². The Kier molecular flexibility index (Phi) is 3.95. The molecule has 1 saturated carbocycles. The van der Waals surface area contributed by atoms with Crippen LogP contribution in [0.2, 0.25) is 0 Å². The molecular formula is C20H19N3O3. The number of nitrogens with one attached hydrogen (secondary N) is 1. The first kappa shape index (κ1) is 16.3. The molecule has 0 bridgehead atoms. The summed E-state index contributed by atoms with van der Waals surface area (Å²) in [6.07, 6.45) is 4.53. The monoisotopic (exact) mass is 349 g/mol. The third-order valence-corrected chi connectivity index (χ3v) is 4.83. The number of hydrogen-bond donors (Lipinski definition) is 1. The van der Waals surface area contributed by atoms with E-state index in [9.17, 15) is 9.59 Å². The van der Waals surface area contributed by atoms with E-state index in [4.69, 9.17) is 4.74 Å². The van der Waals surface area contributed by atoms with Crippen molar-refractivity contribution in [3.8, 4) is 0 Å². The highest BCUT2D eigenvalue weighted by Gasteiger charge is 2.44. The minimum atomic E-state index is -0.467. The third kappa shape index (κ3) is 2.94. The van der Waals surface area contributed by atoms with Crippen molar-refractivity contribution in [2.75, 3.05) is 12.4 Å². The summed E-state index contributed by atoms with van der Waals surface area (Å²) in [6, 6.07) is 11.3. The Bertz CT molecular complexity index is 1010. The average molecular weight is 349 g/mol. The number of aryl methyl sites for hydroxylation is 1. The highest BCUT2D eigenvalue weighted by molar-refractivity contribution is 6.06. The first-order chi connectivity index (χ1) is 12.6. The second-order valence-electron chi connectivity index (χ2n) is 6.62. The molecule has 1 aliphatic carbocycles. The topological polar surface area (TPSA) is 73.2 Å². The van der Waals surface area contributed by atoms with E-state index in [1.165, 1.54) is 7.11 Å². The van der Waals surface area contributed by atoms with Gasteiger partial charge in [0.15, 0.2) is 0 Å². The van der Waals surface area contributed by atoms with Gasteiger partial charge in [0, 0.05) is 19.2 Å². The van der Waals surface area contributed by atoms with Gasteiger partial charge in [-0.1, -0.05) is 24.3 Å². The molecule has 0 radical (unpaired) electrons. The van der Waals surface area contributed by atoms with Gasteiger partial charge in [-0.15, -0.1) is 0 Å². The van der Waals surface area contributed by atoms with Crippen molar-refractivity contribution in [2.45, 2.75) is 12.3 Å². The number of rotatable bonds is 4. The maximum absolute atomic E-state index is 12.7. The summed E-state index contributed by atoms with van der Waals surface area (Å²) in [7, 11) is 3.20. The summed E-state index contributed by atoms with van der Waals surface area (Å²) in [5.41, 5.74) is 1.91. The van der Waals surface area contributed by atoms with Crippen molar-refractivity contribution in [3.05, 3.63) is 59.9 Å². The molecule has 26 heavy (non-hydrogen) atoms. The molecule has 2 atom stereocenters. The van der Waals surface area contributed by atoms with Crippen LogP contribution in [0.1, 0.15) is 28.3 Å². The summed E-state index contributed by atoms with van der Waals surface area (Å²) in [5, 5.41) is 8.96. The van der Waals surface area contributed by atoms with Crippen LogP contribution in [0.3, 0.4) is 0 Å². The van der Waals surface area contributed by atoms with Gasteiger partial charge >= 0.3 is 5.97 Å². The number of esters is 1. The Morgan fingerprint density at radius 2 is 1.96 bits per heavy atom. The molecule has 1 heterocycles. The summed E-state index contributed by atoms with van der Waals surface area (Å²) in [5.74, 6) is -0.466. The van der Waals surface area contributed by atoms with Gasteiger partial charge in [-0.25, -0.2) is 4.79 Å². The number of benzene rings is 2. The van der Waals surface area contributed by atoms with Crippen LogP contribution in [0.25, 0.3) is 10.8 Å². The van der Waals surface area contributed by atoms with Crippen LogP contribution < -0.4 is 5.32 Å². The second kappa shape index (κ2) is 6.29. The maximum Gasteiger partial charge on any atom is 0.339 e. The van der Waals surface area contributed by atoms with E-state index in [1.54, 1.807) is 16.9 Å². The van der Waals surface area contributed by atoms with Crippen molar-refractivity contribution < 1.29 is 14.3 Å². The molecule has 0 spiro atoms. The number of carbonyl (C=O) groups is 2. The van der Waals surface area contributed by atoms with Gasteiger partial charge in [0.05, 0.1) is 24.6 Å². The van der Waals surface area contributed by atoms with Gasteiger partial charge in [-0.05, 0) is 40.8 Å². The molecule has 3 aromatic rings. The van der Waals surface area contributed by atoms with E-state index >= 15 is 0 Å². The van der Waals surface area contributed by atoms with Gasteiger partial charge in [0.1, 0.15) is 0 Å². The number of anilines is 1. The summed E-state index contributed by atoms with van der Waals surface area (Å²) in [6.45, 7) is 0. The lowest BCUT2D eigenvalue weighted by Gasteiger charge is -2.11. The van der Waals surface area contributed by atoms with Crippen molar-refractivity contribution in [1.82, 2.24) is 9.78 Å². The fraction of sp³-hybridized carbons (Fsp3) is 0.250. The van der Waals surface area contributed by atoms with Crippen molar-refractivity contribution in [3.63, 3.8) is 0 Å². The molecule has 132 valence electrons. The molecule has 2 aromatic carbocycles. The van der Waals surface area contributed by atoms with Crippen molar-refractivity contribution in [1.29, 1.82) is 0 Å². The average Bonchev–Trinajstić information content (AvgIpc) is 3.34. The molecule has 1 aromatic heterocycles. The van der Waals surface area contributed by atoms with Gasteiger partial charge in [0.2, 0.25) is 5.91 Å². The fourth-order valence-electron chi connectivity index (χ4n) is 3.33. The van der Waals surface area contributed by atoms with E-state index in [0.29, 0.717) is 11.3 Å². The molecule has 1 aliphatic rings. The Balaban J connectivity index is 1.60. The SMILES string of the molecule is COC(=O)c1cc2ccccc2cc1NC(=O)C1CC1c1cnn(C)c1. The molecule has 6 heteroatoms. The lowest BCUT2D eigenvalue weighted by Crippen LogP contribution is -2.17. The van der Waals surface area contributed by atoms with Gasteiger partial charge in [-0.2, -0.15) is 5.10 Å². The zero-order valence-corrected chi connectivity index (χ0v) is 14.6. The van der Waals surface area contributed by atoms with Crippen LogP contribution in [-0.4, -0.2) is 28.8 Å². The Hall–Kier alpha value is -3.15. The van der Waals surface area contributed by atoms with E-state index in [-0.39, 0.29) is 17.7 Å². The van der Waals surface area contributed by atoms with E-state index in [0.717, 1.165) is 22.8 Å². The lowest BCUT2D eigenvalue weighted by molar-refractivity contribution is -0.117. The van der Waals surface area contributed by atoms with Crippen LogP contribution in [0.4, 0.5) is 5.69 Å². The maximum atomic E-state index is 12.7. The highest BCUT2D eigenvalue weighted by Crippen LogP contribution is 2.48. The van der Waals surface area contributed by atoms with Gasteiger partial charge < -0.3 is 10.1 Å². The normalized spacial score (nSPS) is 18.5. The molecule has 6 nitrogen and oxygen atoms in total. The third-order valence-electron chi connectivity index (χ3n) is 4.83. The van der Waals surface area contributed by atoms with Crippen molar-refractivity contribution >= 4 is 28.3 Å². The zero-order chi connectivity index (χ0) is 18.3. The van der Waals surface area contributed by atoms with E-state index < -0.39 is 5.97 Å². The molecule has 1 fully saturated rings. The number of carbonyl (C=O) groups excluding carboxylic acids is 2. The minimum absolute atomic E-state index is 0.0840. The highest BCUT2D eigenvalue weighted by atomic mass is 16.5. The van der Waals surface area contributed by atoms with Crippen LogP contribution in [0.5, 0.6) is 0 Å². The Morgan fingerprint density at radius 3 is 2.62 bits per heavy atom. The summed E-state index contributed by atoms with van der Waals surface area (Å²) >= 11 is 0. The van der Waals surface area contributed by atoms with Crippen LogP contribution in [0.15, 0.2) is 48.8 Å². The quantitative estimate of drug-likeness (QED) is 0.735. The smallest absolute Gasteiger partial charge is 0.339 e. The molecule has 4 rings (SSSR count). The molecule has 1 amide bonds. The summed E-state index contributed by atoms with van der Waals surface area (Å²) in [4.78, 5) is 24.8. The molecule has 0 saturated heterocycles. The van der Waals surface area contributed by atoms with Crippen molar-refractivity contribution in [2.24, 2.45) is 13.0 Å². The lowest BCUT2D eigenvalue weighted by atomic mass is 10.0. The number of fused-ring (bicyclic) bond motifs is 1. The largest absolute Gasteiger partial charge is 0.465 e. The molecule has 2 unspecified atom stereocenters. The molecule has 0 aliphatic heterocycles. The van der Waals surface area contributed by atoms with E-state index in [2.05, 4.69) is 10.4 Å². The number of amides is 1. The van der Waals surface area contributed by atoms with Gasteiger partial charge in [-0.3, -0.25) is 9.48 Å². The second-order valence-corrected chi connectivity index (χ2v) is 6.62. The molecule has 1 N–H and O–H groups in total. The predicted octanol–water partition coefficient (Wildman–Crippen LogP) is 3.10. The number of aromatic nitrogens is 2. The van der Waals surface area contributed by atoms with Crippen LogP contribution in [-0.2, 0) is 16.6 Å². The van der Waals surface area contributed by atoms with Gasteiger partial charge in [0.25, 0.3) is 0 Å². The Labute approximate surface area is 150 Å². The first-order valence-corrected chi connectivity index (χ1v) is 8.47. The van der Waals surface area contributed by atoms with Crippen LogP contribution in [0, 0.1) is 5.92 Å². The number of ether oxygens (including phenoxy) is 1.